The molecule has 0 unspecified atom stereocenters. The standard InChI is InChI=1S/C18H26O4/c1-2-3-4-5-14-6-8-15(9-7-14)18(21)12-10-16(11-13-18)22-17(19)20/h6-9,16,21H,2-5,10-13H2,1H3,(H,19,20). The van der Waals surface area contributed by atoms with Crippen LogP contribution in [0.2, 0.25) is 0 Å². The molecule has 0 aromatic heterocycles. The lowest BCUT2D eigenvalue weighted by Crippen LogP contribution is -2.35. The van der Waals surface area contributed by atoms with Gasteiger partial charge in [0, 0.05) is 0 Å². The van der Waals surface area contributed by atoms with Gasteiger partial charge in [0.05, 0.1) is 5.60 Å². The van der Waals surface area contributed by atoms with Crippen LogP contribution in [0.25, 0.3) is 0 Å². The highest BCUT2D eigenvalue weighted by molar-refractivity contribution is 5.57. The van der Waals surface area contributed by atoms with Crippen LogP contribution in [-0.4, -0.2) is 22.5 Å². The lowest BCUT2D eigenvalue weighted by atomic mass is 9.78. The Morgan fingerprint density at radius 2 is 1.86 bits per heavy atom. The van der Waals surface area contributed by atoms with Crippen molar-refractivity contribution in [1.29, 1.82) is 0 Å². The molecule has 2 rings (SSSR count). The van der Waals surface area contributed by atoms with Crippen LogP contribution in [0.1, 0.15) is 63.0 Å². The Morgan fingerprint density at radius 1 is 1.23 bits per heavy atom. The van der Waals surface area contributed by atoms with Gasteiger partial charge in [0.15, 0.2) is 0 Å². The van der Waals surface area contributed by atoms with E-state index in [9.17, 15) is 9.90 Å². The number of aryl methyl sites for hydroxylation is 1. The second kappa shape index (κ2) is 7.63. The number of rotatable bonds is 6. The third kappa shape index (κ3) is 4.47. The van der Waals surface area contributed by atoms with Crippen LogP contribution in [0.3, 0.4) is 0 Å². The molecular formula is C18H26O4. The number of carboxylic acid groups (broad SMARTS) is 1. The summed E-state index contributed by atoms with van der Waals surface area (Å²) >= 11 is 0. The highest BCUT2D eigenvalue weighted by Crippen LogP contribution is 2.38. The molecule has 4 nitrogen and oxygen atoms in total. The Balaban J connectivity index is 1.92. The average molecular weight is 306 g/mol. The molecule has 1 fully saturated rings. The van der Waals surface area contributed by atoms with Gasteiger partial charge in [0.25, 0.3) is 0 Å². The van der Waals surface area contributed by atoms with Gasteiger partial charge in [0.1, 0.15) is 6.10 Å². The van der Waals surface area contributed by atoms with Gasteiger partial charge >= 0.3 is 6.16 Å². The first-order valence-electron chi connectivity index (χ1n) is 8.25. The molecule has 0 radical (unpaired) electrons. The normalized spacial score (nSPS) is 24.9. The lowest BCUT2D eigenvalue weighted by molar-refractivity contribution is -0.0481. The van der Waals surface area contributed by atoms with Crippen LogP contribution in [0.4, 0.5) is 4.79 Å². The van der Waals surface area contributed by atoms with Gasteiger partial charge in [-0.3, -0.25) is 0 Å². The minimum absolute atomic E-state index is 0.286. The molecule has 1 aromatic rings. The lowest BCUT2D eigenvalue weighted by Gasteiger charge is -2.35. The Hall–Kier alpha value is -1.55. The fraction of sp³-hybridized carbons (Fsp3) is 0.611. The molecule has 1 aliphatic carbocycles. The van der Waals surface area contributed by atoms with E-state index in [0.717, 1.165) is 12.0 Å². The fourth-order valence-corrected chi connectivity index (χ4v) is 3.18. The summed E-state index contributed by atoms with van der Waals surface area (Å²) in [7, 11) is 0. The van der Waals surface area contributed by atoms with Crippen molar-refractivity contribution >= 4 is 6.16 Å². The number of ether oxygens (including phenoxy) is 1. The Kier molecular flexibility index (Phi) is 5.83. The third-order valence-corrected chi connectivity index (χ3v) is 4.59. The van der Waals surface area contributed by atoms with Crippen molar-refractivity contribution in [3.8, 4) is 0 Å². The van der Waals surface area contributed by atoms with Gasteiger partial charge in [0.2, 0.25) is 0 Å². The maximum atomic E-state index is 10.8. The Morgan fingerprint density at radius 3 is 2.41 bits per heavy atom. The minimum atomic E-state index is -1.23. The van der Waals surface area contributed by atoms with Crippen LogP contribution in [-0.2, 0) is 16.8 Å². The second-order valence-electron chi connectivity index (χ2n) is 6.27. The van der Waals surface area contributed by atoms with E-state index in [4.69, 9.17) is 9.84 Å². The topological polar surface area (TPSA) is 66.8 Å². The van der Waals surface area contributed by atoms with E-state index >= 15 is 0 Å². The number of unbranched alkanes of at least 4 members (excludes halogenated alkanes) is 2. The zero-order valence-corrected chi connectivity index (χ0v) is 13.3. The number of aliphatic hydroxyl groups is 1. The second-order valence-corrected chi connectivity index (χ2v) is 6.27. The van der Waals surface area contributed by atoms with Gasteiger partial charge in [-0.15, -0.1) is 0 Å². The van der Waals surface area contributed by atoms with Crippen molar-refractivity contribution in [2.45, 2.75) is 70.0 Å². The largest absolute Gasteiger partial charge is 0.506 e. The van der Waals surface area contributed by atoms with Crippen molar-refractivity contribution in [3.05, 3.63) is 35.4 Å². The van der Waals surface area contributed by atoms with Gasteiger partial charge in [-0.1, -0.05) is 44.0 Å². The van der Waals surface area contributed by atoms with Crippen molar-refractivity contribution in [1.82, 2.24) is 0 Å². The molecular weight excluding hydrogens is 280 g/mol. The number of benzene rings is 1. The molecule has 0 amide bonds. The van der Waals surface area contributed by atoms with E-state index in [2.05, 4.69) is 19.1 Å². The Labute approximate surface area is 132 Å². The summed E-state index contributed by atoms with van der Waals surface area (Å²) < 4.78 is 4.80. The summed E-state index contributed by atoms with van der Waals surface area (Å²) in [5, 5.41) is 19.4. The number of hydrogen-bond donors (Lipinski definition) is 2. The summed E-state index contributed by atoms with van der Waals surface area (Å²) in [5.41, 5.74) is 1.39. The molecule has 0 atom stereocenters. The molecule has 4 heteroatoms. The summed E-state index contributed by atoms with van der Waals surface area (Å²) in [6, 6.07) is 8.23. The molecule has 2 N–H and O–H groups in total. The van der Waals surface area contributed by atoms with E-state index in [1.807, 2.05) is 12.1 Å². The first-order chi connectivity index (χ1) is 10.5. The van der Waals surface area contributed by atoms with E-state index in [1.54, 1.807) is 0 Å². The molecule has 0 spiro atoms. The predicted molar refractivity (Wildman–Crippen MR) is 84.9 cm³/mol. The summed E-state index contributed by atoms with van der Waals surface area (Å²) in [5.74, 6) is 0. The van der Waals surface area contributed by atoms with E-state index in [1.165, 1.54) is 24.8 Å². The van der Waals surface area contributed by atoms with Crippen LogP contribution >= 0.6 is 0 Å². The van der Waals surface area contributed by atoms with Gasteiger partial charge < -0.3 is 14.9 Å². The van der Waals surface area contributed by atoms with Crippen LogP contribution in [0, 0.1) is 0 Å². The molecule has 1 aliphatic rings. The predicted octanol–water partition coefficient (Wildman–Crippen LogP) is 4.24. The zero-order chi connectivity index (χ0) is 16.0. The molecule has 0 heterocycles. The minimum Gasteiger partial charge on any atom is -0.450 e. The summed E-state index contributed by atoms with van der Waals surface area (Å²) in [4.78, 5) is 10.6. The maximum Gasteiger partial charge on any atom is 0.506 e. The van der Waals surface area contributed by atoms with Gasteiger partial charge in [-0.2, -0.15) is 0 Å². The zero-order valence-electron chi connectivity index (χ0n) is 13.3. The van der Waals surface area contributed by atoms with E-state index in [0.29, 0.717) is 25.7 Å². The quantitative estimate of drug-likeness (QED) is 0.609. The molecule has 122 valence electrons. The fourth-order valence-electron chi connectivity index (χ4n) is 3.18. The summed E-state index contributed by atoms with van der Waals surface area (Å²) in [6.07, 6.45) is 5.46. The first kappa shape index (κ1) is 16.8. The Bertz CT molecular complexity index is 472. The number of carbonyl (C=O) groups is 1. The first-order valence-corrected chi connectivity index (χ1v) is 8.25. The summed E-state index contributed by atoms with van der Waals surface area (Å²) in [6.45, 7) is 2.20. The molecule has 0 bridgehead atoms. The van der Waals surface area contributed by atoms with Crippen LogP contribution in [0.5, 0.6) is 0 Å². The molecule has 0 aliphatic heterocycles. The number of hydrogen-bond acceptors (Lipinski definition) is 3. The highest BCUT2D eigenvalue weighted by Gasteiger charge is 2.36. The van der Waals surface area contributed by atoms with Crippen LogP contribution in [0.15, 0.2) is 24.3 Å². The monoisotopic (exact) mass is 306 g/mol. The van der Waals surface area contributed by atoms with Crippen molar-refractivity contribution in [3.63, 3.8) is 0 Å². The van der Waals surface area contributed by atoms with Crippen molar-refractivity contribution < 1.29 is 19.7 Å². The maximum absolute atomic E-state index is 10.8. The van der Waals surface area contributed by atoms with Gasteiger partial charge in [-0.25, -0.2) is 4.79 Å². The molecule has 0 saturated heterocycles. The molecule has 22 heavy (non-hydrogen) atoms. The van der Waals surface area contributed by atoms with Gasteiger partial charge in [-0.05, 0) is 49.7 Å². The van der Waals surface area contributed by atoms with Crippen LogP contribution < -0.4 is 0 Å². The smallest absolute Gasteiger partial charge is 0.450 e. The van der Waals surface area contributed by atoms with E-state index < -0.39 is 11.8 Å². The highest BCUT2D eigenvalue weighted by atomic mass is 16.7. The van der Waals surface area contributed by atoms with Crippen molar-refractivity contribution in [2.24, 2.45) is 0 Å². The molecule has 1 saturated carbocycles. The van der Waals surface area contributed by atoms with E-state index in [-0.39, 0.29) is 6.10 Å². The molecule has 1 aromatic carbocycles. The van der Waals surface area contributed by atoms with Crippen molar-refractivity contribution in [2.75, 3.05) is 0 Å². The third-order valence-electron chi connectivity index (χ3n) is 4.59. The SMILES string of the molecule is CCCCCc1ccc(C2(O)CCC(OC(=O)O)CC2)cc1. The average Bonchev–Trinajstić information content (AvgIpc) is 2.50.